The number of hydrogen-bond acceptors (Lipinski definition) is 6. The average Bonchev–Trinajstić information content (AvgIpc) is 3.18. The normalized spacial score (nSPS) is 16.0. The zero-order valence-electron chi connectivity index (χ0n) is 18.5. The number of benzene rings is 2. The van der Waals surface area contributed by atoms with E-state index in [-0.39, 0.29) is 11.3 Å². The molecule has 0 aliphatic carbocycles. The summed E-state index contributed by atoms with van der Waals surface area (Å²) in [7, 11) is 4.85. The number of aromatic hydroxyl groups is 1. The summed E-state index contributed by atoms with van der Waals surface area (Å²) in [5, 5.41) is 12.5. The summed E-state index contributed by atoms with van der Waals surface area (Å²) in [6.07, 6.45) is 0.800. The Morgan fingerprint density at radius 2 is 1.85 bits per heavy atom. The van der Waals surface area contributed by atoms with Gasteiger partial charge >= 0.3 is 5.69 Å². The van der Waals surface area contributed by atoms with Gasteiger partial charge in [0.05, 0.1) is 25.9 Å². The number of fused-ring (bicyclic) bond motifs is 3. The fraction of sp³-hybridized carbons (Fsp3) is 0.250. The van der Waals surface area contributed by atoms with Crippen LogP contribution in [0.3, 0.4) is 0 Å². The molecule has 33 heavy (non-hydrogen) atoms. The van der Waals surface area contributed by atoms with Gasteiger partial charge in [0, 0.05) is 29.2 Å². The molecule has 4 aromatic rings. The highest BCUT2D eigenvalue weighted by atomic mass is 16.5. The van der Waals surface area contributed by atoms with Gasteiger partial charge in [-0.2, -0.15) is 0 Å². The van der Waals surface area contributed by atoms with Crippen LogP contribution < -0.4 is 20.7 Å². The van der Waals surface area contributed by atoms with E-state index < -0.39 is 23.2 Å². The van der Waals surface area contributed by atoms with Crippen molar-refractivity contribution < 1.29 is 14.6 Å². The number of nitrogens with zero attached hydrogens (tertiary/aromatic N) is 2. The van der Waals surface area contributed by atoms with Crippen LogP contribution in [0, 0.1) is 0 Å². The molecule has 0 spiro atoms. The highest BCUT2D eigenvalue weighted by Crippen LogP contribution is 2.39. The molecule has 0 saturated heterocycles. The van der Waals surface area contributed by atoms with Crippen molar-refractivity contribution in [2.24, 2.45) is 0 Å². The maximum atomic E-state index is 13.1. The third kappa shape index (κ3) is 3.20. The van der Waals surface area contributed by atoms with Gasteiger partial charge in [-0.05, 0) is 37.2 Å². The SMILES string of the molecule is COc1ccc(OC)c(-n2c(O)c([C@H]3c4[nH]c5ccccc5c4CCN3C)c(=O)[nH]c2=O)c1. The first kappa shape index (κ1) is 20.9. The van der Waals surface area contributed by atoms with Crippen LogP contribution in [0.2, 0.25) is 0 Å². The summed E-state index contributed by atoms with van der Waals surface area (Å²) in [6.45, 7) is 0.681. The van der Waals surface area contributed by atoms with E-state index in [1.165, 1.54) is 14.2 Å². The van der Waals surface area contributed by atoms with Gasteiger partial charge in [-0.25, -0.2) is 9.36 Å². The molecular formula is C24H24N4O5. The van der Waals surface area contributed by atoms with Gasteiger partial charge in [0.2, 0.25) is 5.88 Å². The van der Waals surface area contributed by atoms with Crippen LogP contribution in [0.1, 0.15) is 22.9 Å². The quantitative estimate of drug-likeness (QED) is 0.442. The molecule has 0 amide bonds. The molecule has 1 aliphatic rings. The molecule has 170 valence electrons. The molecule has 0 unspecified atom stereocenters. The van der Waals surface area contributed by atoms with Crippen LogP contribution in [0.4, 0.5) is 0 Å². The van der Waals surface area contributed by atoms with Crippen LogP contribution in [0.25, 0.3) is 16.6 Å². The van der Waals surface area contributed by atoms with Gasteiger partial charge in [0.25, 0.3) is 5.56 Å². The largest absolute Gasteiger partial charge is 0.497 e. The van der Waals surface area contributed by atoms with Crippen LogP contribution in [0.5, 0.6) is 17.4 Å². The molecular weight excluding hydrogens is 424 g/mol. The number of aromatic nitrogens is 3. The van der Waals surface area contributed by atoms with Gasteiger partial charge in [-0.15, -0.1) is 0 Å². The Kier molecular flexibility index (Phi) is 4.98. The third-order valence-corrected chi connectivity index (χ3v) is 6.30. The van der Waals surface area contributed by atoms with Crippen molar-refractivity contribution in [3.8, 4) is 23.1 Å². The van der Waals surface area contributed by atoms with Crippen molar-refractivity contribution in [3.63, 3.8) is 0 Å². The molecule has 9 heteroatoms. The van der Waals surface area contributed by atoms with Crippen LogP contribution in [0.15, 0.2) is 52.1 Å². The van der Waals surface area contributed by atoms with Crippen molar-refractivity contribution in [2.75, 3.05) is 27.8 Å². The minimum Gasteiger partial charge on any atom is -0.497 e. The molecule has 5 rings (SSSR count). The minimum absolute atomic E-state index is 0.0782. The summed E-state index contributed by atoms with van der Waals surface area (Å²) < 4.78 is 11.7. The fourth-order valence-corrected chi connectivity index (χ4v) is 4.71. The van der Waals surface area contributed by atoms with E-state index in [9.17, 15) is 14.7 Å². The molecule has 3 N–H and O–H groups in total. The highest BCUT2D eigenvalue weighted by molar-refractivity contribution is 5.85. The van der Waals surface area contributed by atoms with Crippen molar-refractivity contribution in [2.45, 2.75) is 12.5 Å². The second kappa shape index (κ2) is 7.86. The van der Waals surface area contributed by atoms with Gasteiger partial charge < -0.3 is 19.6 Å². The van der Waals surface area contributed by atoms with E-state index in [1.54, 1.807) is 18.2 Å². The standard InChI is InChI=1S/C24H24N4O5/c1-27-11-10-15-14-6-4-5-7-16(14)25-20(15)21(27)19-22(29)26-24(31)28(23(19)30)17-12-13(32-2)8-9-18(17)33-3/h4-9,12,21,25,30H,10-11H2,1-3H3,(H,26,29,31)/t21-/m0/s1. The number of rotatable bonds is 4. The first-order valence-corrected chi connectivity index (χ1v) is 10.5. The summed E-state index contributed by atoms with van der Waals surface area (Å²) in [5.74, 6) is 0.366. The molecule has 2 aromatic heterocycles. The van der Waals surface area contributed by atoms with Crippen molar-refractivity contribution in [1.29, 1.82) is 0 Å². The molecule has 0 bridgehead atoms. The number of H-pyrrole nitrogens is 2. The number of hydrogen-bond donors (Lipinski definition) is 3. The third-order valence-electron chi connectivity index (χ3n) is 6.30. The molecule has 0 saturated carbocycles. The average molecular weight is 448 g/mol. The Bertz CT molecular complexity index is 1480. The van der Waals surface area contributed by atoms with Gasteiger partial charge in [-0.1, -0.05) is 18.2 Å². The molecule has 0 fully saturated rings. The summed E-state index contributed by atoms with van der Waals surface area (Å²) in [5.41, 5.74) is 1.81. The molecule has 1 aliphatic heterocycles. The van der Waals surface area contributed by atoms with Crippen molar-refractivity contribution in [3.05, 3.63) is 80.1 Å². The van der Waals surface area contributed by atoms with E-state index in [4.69, 9.17) is 9.47 Å². The smallest absolute Gasteiger partial charge is 0.335 e. The maximum Gasteiger partial charge on any atom is 0.335 e. The number of nitrogens with one attached hydrogen (secondary N) is 2. The predicted molar refractivity (Wildman–Crippen MR) is 124 cm³/mol. The van der Waals surface area contributed by atoms with E-state index in [0.29, 0.717) is 18.0 Å². The molecule has 9 nitrogen and oxygen atoms in total. The summed E-state index contributed by atoms with van der Waals surface area (Å²) in [6, 6.07) is 12.3. The van der Waals surface area contributed by atoms with Gasteiger partial charge in [-0.3, -0.25) is 14.7 Å². The number of likely N-dealkylation sites (N-methyl/N-ethyl adjacent to an activating group) is 1. The predicted octanol–water partition coefficient (Wildman–Crippen LogP) is 2.31. The molecule has 1 atom stereocenters. The minimum atomic E-state index is -0.775. The highest BCUT2D eigenvalue weighted by Gasteiger charge is 2.35. The molecule has 0 radical (unpaired) electrons. The maximum absolute atomic E-state index is 13.1. The number of aromatic amines is 2. The van der Waals surface area contributed by atoms with Crippen LogP contribution in [-0.2, 0) is 6.42 Å². The lowest BCUT2D eigenvalue weighted by molar-refractivity contribution is 0.251. The molecule has 3 heterocycles. The topological polar surface area (TPSA) is 113 Å². The van der Waals surface area contributed by atoms with Gasteiger partial charge in [0.15, 0.2) is 0 Å². The Morgan fingerprint density at radius 3 is 2.61 bits per heavy atom. The zero-order valence-corrected chi connectivity index (χ0v) is 18.5. The number of para-hydroxylation sites is 1. The van der Waals surface area contributed by atoms with E-state index in [2.05, 4.69) is 9.97 Å². The van der Waals surface area contributed by atoms with Crippen molar-refractivity contribution in [1.82, 2.24) is 19.4 Å². The monoisotopic (exact) mass is 448 g/mol. The van der Waals surface area contributed by atoms with Crippen LogP contribution >= 0.6 is 0 Å². The van der Waals surface area contributed by atoms with E-state index >= 15 is 0 Å². The first-order valence-electron chi connectivity index (χ1n) is 10.5. The van der Waals surface area contributed by atoms with Gasteiger partial charge in [0.1, 0.15) is 17.1 Å². The number of ether oxygens (including phenoxy) is 2. The lowest BCUT2D eigenvalue weighted by Crippen LogP contribution is -2.39. The second-order valence-electron chi connectivity index (χ2n) is 8.07. The van der Waals surface area contributed by atoms with E-state index in [0.717, 1.165) is 33.1 Å². The number of methoxy groups -OCH3 is 2. The Morgan fingerprint density at radius 1 is 1.06 bits per heavy atom. The lowest BCUT2D eigenvalue weighted by Gasteiger charge is -2.33. The van der Waals surface area contributed by atoms with Crippen LogP contribution in [-0.4, -0.2) is 52.4 Å². The molecule has 2 aromatic carbocycles. The fourth-order valence-electron chi connectivity index (χ4n) is 4.71. The van der Waals surface area contributed by atoms with Crippen molar-refractivity contribution >= 4 is 10.9 Å². The summed E-state index contributed by atoms with van der Waals surface area (Å²) >= 11 is 0. The second-order valence-corrected chi connectivity index (χ2v) is 8.07. The lowest BCUT2D eigenvalue weighted by atomic mass is 9.93. The first-order chi connectivity index (χ1) is 15.9. The Labute approximate surface area is 188 Å². The van der Waals surface area contributed by atoms with E-state index in [1.807, 2.05) is 36.2 Å². The Hall–Kier alpha value is -3.98. The Balaban J connectivity index is 1.79. The summed E-state index contributed by atoms with van der Waals surface area (Å²) in [4.78, 5) is 33.7. The zero-order chi connectivity index (χ0) is 23.3.